The molecular formula is C15H22N2O2. The Morgan fingerprint density at radius 2 is 1.89 bits per heavy atom. The van der Waals surface area contributed by atoms with Crippen molar-refractivity contribution in [3.8, 4) is 0 Å². The minimum atomic E-state index is -0.0339. The molecule has 0 unspecified atom stereocenters. The zero-order chi connectivity index (χ0) is 13.7. The summed E-state index contributed by atoms with van der Waals surface area (Å²) in [6.07, 6.45) is 3.83. The molecule has 1 saturated carbocycles. The summed E-state index contributed by atoms with van der Waals surface area (Å²) < 4.78 is 5.07. The molecule has 1 fully saturated rings. The van der Waals surface area contributed by atoms with Crippen LogP contribution in [0.2, 0.25) is 0 Å². The van der Waals surface area contributed by atoms with E-state index in [0.29, 0.717) is 12.6 Å². The second-order valence-corrected chi connectivity index (χ2v) is 5.07. The molecule has 0 atom stereocenters. The number of nitrogens with one attached hydrogen (secondary N) is 1. The van der Waals surface area contributed by atoms with Gasteiger partial charge in [0.25, 0.3) is 0 Å². The van der Waals surface area contributed by atoms with Crippen molar-refractivity contribution in [2.24, 2.45) is 5.92 Å². The van der Waals surface area contributed by atoms with Gasteiger partial charge in [0.1, 0.15) is 0 Å². The first-order valence-electron chi connectivity index (χ1n) is 6.97. The molecule has 1 aromatic rings. The maximum atomic E-state index is 11.6. The molecule has 2 rings (SSSR count). The molecule has 3 N–H and O–H groups in total. The third-order valence-corrected chi connectivity index (χ3v) is 3.63. The molecule has 19 heavy (non-hydrogen) atoms. The summed E-state index contributed by atoms with van der Waals surface area (Å²) in [4.78, 5) is 11.6. The molecule has 0 heterocycles. The van der Waals surface area contributed by atoms with Crippen molar-refractivity contribution >= 4 is 17.3 Å². The van der Waals surface area contributed by atoms with Crippen LogP contribution in [0.5, 0.6) is 0 Å². The second-order valence-electron chi connectivity index (χ2n) is 5.07. The minimum Gasteiger partial charge on any atom is -0.466 e. The smallest absolute Gasteiger partial charge is 0.308 e. The number of esters is 1. The number of hydrogen-bond acceptors (Lipinski definition) is 4. The van der Waals surface area contributed by atoms with Crippen LogP contribution in [0.1, 0.15) is 32.6 Å². The van der Waals surface area contributed by atoms with Gasteiger partial charge in [-0.2, -0.15) is 0 Å². The molecule has 0 amide bonds. The van der Waals surface area contributed by atoms with E-state index in [4.69, 9.17) is 10.5 Å². The van der Waals surface area contributed by atoms with Gasteiger partial charge in [-0.25, -0.2) is 0 Å². The molecule has 0 aliphatic heterocycles. The highest BCUT2D eigenvalue weighted by molar-refractivity contribution is 5.72. The van der Waals surface area contributed by atoms with Crippen molar-refractivity contribution in [1.29, 1.82) is 0 Å². The molecular weight excluding hydrogens is 240 g/mol. The maximum Gasteiger partial charge on any atom is 0.308 e. The summed E-state index contributed by atoms with van der Waals surface area (Å²) in [6, 6.07) is 8.22. The lowest BCUT2D eigenvalue weighted by molar-refractivity contribution is -0.149. The zero-order valence-corrected chi connectivity index (χ0v) is 11.4. The van der Waals surface area contributed by atoms with E-state index in [1.54, 1.807) is 0 Å². The number of carbonyl (C=O) groups excluding carboxylic acids is 1. The van der Waals surface area contributed by atoms with Crippen LogP contribution in [0.15, 0.2) is 24.3 Å². The first kappa shape index (κ1) is 13.7. The van der Waals surface area contributed by atoms with Crippen molar-refractivity contribution in [3.05, 3.63) is 24.3 Å². The van der Waals surface area contributed by atoms with Gasteiger partial charge < -0.3 is 15.8 Å². The van der Waals surface area contributed by atoms with Gasteiger partial charge in [-0.1, -0.05) is 0 Å². The molecule has 4 nitrogen and oxygen atoms in total. The average molecular weight is 262 g/mol. The van der Waals surface area contributed by atoms with Crippen molar-refractivity contribution in [3.63, 3.8) is 0 Å². The maximum absolute atomic E-state index is 11.6. The Morgan fingerprint density at radius 3 is 2.47 bits per heavy atom. The molecule has 1 aliphatic rings. The van der Waals surface area contributed by atoms with Gasteiger partial charge in [0.05, 0.1) is 12.5 Å². The first-order chi connectivity index (χ1) is 9.19. The number of benzene rings is 1. The summed E-state index contributed by atoms with van der Waals surface area (Å²) in [5.74, 6) is 0.0536. The summed E-state index contributed by atoms with van der Waals surface area (Å²) in [6.45, 7) is 2.33. The van der Waals surface area contributed by atoms with E-state index >= 15 is 0 Å². The quantitative estimate of drug-likeness (QED) is 0.647. The summed E-state index contributed by atoms with van der Waals surface area (Å²) in [5, 5.41) is 3.49. The van der Waals surface area contributed by atoms with Crippen LogP contribution in [-0.4, -0.2) is 18.6 Å². The van der Waals surface area contributed by atoms with Crippen LogP contribution in [0, 0.1) is 5.92 Å². The van der Waals surface area contributed by atoms with Crippen LogP contribution in [-0.2, 0) is 9.53 Å². The fourth-order valence-corrected chi connectivity index (χ4v) is 2.55. The lowest BCUT2D eigenvalue weighted by Gasteiger charge is -2.28. The Balaban J connectivity index is 1.80. The Hall–Kier alpha value is -1.71. The normalized spacial score (nSPS) is 22.8. The fourth-order valence-electron chi connectivity index (χ4n) is 2.55. The zero-order valence-electron chi connectivity index (χ0n) is 11.4. The lowest BCUT2D eigenvalue weighted by atomic mass is 9.86. The number of anilines is 2. The fraction of sp³-hybridized carbons (Fsp3) is 0.533. The Bertz CT molecular complexity index is 409. The Kier molecular flexibility index (Phi) is 4.66. The number of nitrogen functional groups attached to an aromatic ring is 1. The van der Waals surface area contributed by atoms with Gasteiger partial charge in [0.15, 0.2) is 0 Å². The Labute approximate surface area is 114 Å². The Morgan fingerprint density at radius 1 is 1.26 bits per heavy atom. The van der Waals surface area contributed by atoms with Gasteiger partial charge in [-0.15, -0.1) is 0 Å². The monoisotopic (exact) mass is 262 g/mol. The SMILES string of the molecule is CCOC(=O)C1CCC(Nc2ccc(N)cc2)CC1. The molecule has 4 heteroatoms. The van der Waals surface area contributed by atoms with E-state index in [-0.39, 0.29) is 11.9 Å². The van der Waals surface area contributed by atoms with Crippen LogP contribution in [0.4, 0.5) is 11.4 Å². The van der Waals surface area contributed by atoms with E-state index in [9.17, 15) is 4.79 Å². The van der Waals surface area contributed by atoms with Crippen molar-refractivity contribution in [1.82, 2.24) is 0 Å². The third kappa shape index (κ3) is 3.88. The van der Waals surface area contributed by atoms with Gasteiger partial charge in [-0.3, -0.25) is 4.79 Å². The third-order valence-electron chi connectivity index (χ3n) is 3.63. The molecule has 104 valence electrons. The van der Waals surface area contributed by atoms with Gasteiger partial charge >= 0.3 is 5.97 Å². The highest BCUT2D eigenvalue weighted by atomic mass is 16.5. The van der Waals surface area contributed by atoms with Crippen LogP contribution < -0.4 is 11.1 Å². The largest absolute Gasteiger partial charge is 0.466 e. The second kappa shape index (κ2) is 6.45. The average Bonchev–Trinajstić information content (AvgIpc) is 2.42. The summed E-state index contributed by atoms with van der Waals surface area (Å²) in [7, 11) is 0. The molecule has 1 aliphatic carbocycles. The summed E-state index contributed by atoms with van der Waals surface area (Å²) >= 11 is 0. The number of rotatable bonds is 4. The van der Waals surface area contributed by atoms with E-state index in [0.717, 1.165) is 37.1 Å². The number of nitrogens with two attached hydrogens (primary N) is 1. The molecule has 0 saturated heterocycles. The highest BCUT2D eigenvalue weighted by Crippen LogP contribution is 2.27. The predicted molar refractivity (Wildman–Crippen MR) is 76.9 cm³/mol. The van der Waals surface area contributed by atoms with E-state index in [1.165, 1.54) is 0 Å². The molecule has 0 spiro atoms. The lowest BCUT2D eigenvalue weighted by Crippen LogP contribution is -2.30. The topological polar surface area (TPSA) is 64.3 Å². The van der Waals surface area contributed by atoms with Gasteiger partial charge in [0.2, 0.25) is 0 Å². The standard InChI is InChI=1S/C15H22N2O2/c1-2-19-15(18)11-3-7-13(8-4-11)17-14-9-5-12(16)6-10-14/h5-6,9-11,13,17H,2-4,7-8,16H2,1H3. The highest BCUT2D eigenvalue weighted by Gasteiger charge is 2.26. The number of carbonyl (C=O) groups is 1. The van der Waals surface area contributed by atoms with Crippen molar-refractivity contribution < 1.29 is 9.53 Å². The molecule has 1 aromatic carbocycles. The van der Waals surface area contributed by atoms with Gasteiger partial charge in [0, 0.05) is 17.4 Å². The van der Waals surface area contributed by atoms with Crippen molar-refractivity contribution in [2.75, 3.05) is 17.7 Å². The van der Waals surface area contributed by atoms with E-state index in [2.05, 4.69) is 5.32 Å². The summed E-state index contributed by atoms with van der Waals surface area (Å²) in [5.41, 5.74) is 7.53. The molecule has 0 aromatic heterocycles. The number of hydrogen-bond donors (Lipinski definition) is 2. The van der Waals surface area contributed by atoms with Gasteiger partial charge in [-0.05, 0) is 56.9 Å². The van der Waals surface area contributed by atoms with Crippen LogP contribution in [0.25, 0.3) is 0 Å². The van der Waals surface area contributed by atoms with E-state index < -0.39 is 0 Å². The number of ether oxygens (including phenoxy) is 1. The van der Waals surface area contributed by atoms with Crippen LogP contribution >= 0.6 is 0 Å². The molecule has 0 bridgehead atoms. The first-order valence-corrected chi connectivity index (χ1v) is 6.97. The molecule has 0 radical (unpaired) electrons. The predicted octanol–water partition coefficient (Wildman–Crippen LogP) is 2.80. The van der Waals surface area contributed by atoms with E-state index in [1.807, 2.05) is 31.2 Å². The van der Waals surface area contributed by atoms with Crippen LogP contribution in [0.3, 0.4) is 0 Å². The van der Waals surface area contributed by atoms with Crippen molar-refractivity contribution in [2.45, 2.75) is 38.6 Å². The minimum absolute atomic E-state index is 0.0339.